The highest BCUT2D eigenvalue weighted by molar-refractivity contribution is 6.00. The first-order valence-electron chi connectivity index (χ1n) is 6.38. The van der Waals surface area contributed by atoms with Crippen LogP contribution in [0.4, 0.5) is 5.69 Å². The molecule has 1 fully saturated rings. The van der Waals surface area contributed by atoms with Gasteiger partial charge < -0.3 is 20.8 Å². The third kappa shape index (κ3) is 2.17. The van der Waals surface area contributed by atoms with Crippen molar-refractivity contribution in [2.45, 2.75) is 25.0 Å². The van der Waals surface area contributed by atoms with Gasteiger partial charge in [0.2, 0.25) is 0 Å². The first kappa shape index (κ1) is 12.0. The fraction of sp³-hybridized carbons (Fsp3) is 0.357. The standard InChI is InChI=1S/C14H17N3O2/c1-19-10-6-9(7-10)16-14(18)12-5-8-3-2-4-11(15)13(8)17-12/h2-5,9-10,17H,6-7,15H2,1H3,(H,16,18). The molecule has 0 bridgehead atoms. The number of methoxy groups -OCH3 is 1. The highest BCUT2D eigenvalue weighted by Gasteiger charge is 2.30. The molecular formula is C14H17N3O2. The van der Waals surface area contributed by atoms with Gasteiger partial charge in [0.15, 0.2) is 0 Å². The zero-order valence-corrected chi connectivity index (χ0v) is 10.8. The molecule has 1 aromatic heterocycles. The number of hydrogen-bond acceptors (Lipinski definition) is 3. The number of nitrogens with one attached hydrogen (secondary N) is 2. The molecule has 1 aromatic carbocycles. The molecule has 1 aliphatic carbocycles. The zero-order valence-electron chi connectivity index (χ0n) is 10.8. The Hall–Kier alpha value is -2.01. The van der Waals surface area contributed by atoms with Gasteiger partial charge in [0.25, 0.3) is 5.91 Å². The molecule has 1 amide bonds. The van der Waals surface area contributed by atoms with Gasteiger partial charge in [-0.3, -0.25) is 4.79 Å². The molecule has 0 spiro atoms. The molecule has 4 N–H and O–H groups in total. The van der Waals surface area contributed by atoms with E-state index in [1.165, 1.54) is 0 Å². The summed E-state index contributed by atoms with van der Waals surface area (Å²) < 4.78 is 5.19. The van der Waals surface area contributed by atoms with Gasteiger partial charge in [-0.25, -0.2) is 0 Å². The lowest BCUT2D eigenvalue weighted by molar-refractivity contribution is 0.0175. The molecule has 0 aliphatic heterocycles. The van der Waals surface area contributed by atoms with E-state index in [0.717, 1.165) is 23.7 Å². The smallest absolute Gasteiger partial charge is 0.267 e. The number of amides is 1. The minimum absolute atomic E-state index is 0.0878. The average Bonchev–Trinajstić information content (AvgIpc) is 2.78. The van der Waals surface area contributed by atoms with Gasteiger partial charge in [-0.1, -0.05) is 12.1 Å². The minimum Gasteiger partial charge on any atom is -0.397 e. The number of rotatable bonds is 3. The van der Waals surface area contributed by atoms with E-state index in [0.29, 0.717) is 11.4 Å². The lowest BCUT2D eigenvalue weighted by Crippen LogP contribution is -2.47. The third-order valence-electron chi connectivity index (χ3n) is 3.70. The van der Waals surface area contributed by atoms with Crippen LogP contribution in [0.3, 0.4) is 0 Å². The molecule has 1 saturated carbocycles. The van der Waals surface area contributed by atoms with Crippen molar-refractivity contribution >= 4 is 22.5 Å². The summed E-state index contributed by atoms with van der Waals surface area (Å²) in [5.41, 5.74) is 7.88. The number of carbonyl (C=O) groups is 1. The minimum atomic E-state index is -0.0878. The maximum absolute atomic E-state index is 12.1. The fourth-order valence-corrected chi connectivity index (χ4v) is 2.44. The summed E-state index contributed by atoms with van der Waals surface area (Å²) in [5.74, 6) is -0.0878. The number of nitrogen functional groups attached to an aromatic ring is 1. The van der Waals surface area contributed by atoms with Crippen LogP contribution in [0.1, 0.15) is 23.3 Å². The van der Waals surface area contributed by atoms with Crippen LogP contribution >= 0.6 is 0 Å². The van der Waals surface area contributed by atoms with Gasteiger partial charge in [0.1, 0.15) is 5.69 Å². The van der Waals surface area contributed by atoms with Crippen LogP contribution in [0.15, 0.2) is 24.3 Å². The van der Waals surface area contributed by atoms with Crippen LogP contribution in [0.2, 0.25) is 0 Å². The number of carbonyl (C=O) groups excluding carboxylic acids is 1. The fourth-order valence-electron chi connectivity index (χ4n) is 2.44. The molecule has 100 valence electrons. The average molecular weight is 259 g/mol. The van der Waals surface area contributed by atoms with Crippen molar-refractivity contribution in [2.24, 2.45) is 0 Å². The molecule has 5 nitrogen and oxygen atoms in total. The van der Waals surface area contributed by atoms with Gasteiger partial charge in [-0.05, 0) is 25.0 Å². The molecule has 3 rings (SSSR count). The number of nitrogens with two attached hydrogens (primary N) is 1. The summed E-state index contributed by atoms with van der Waals surface area (Å²) in [6.45, 7) is 0. The van der Waals surface area contributed by atoms with E-state index in [9.17, 15) is 4.79 Å². The maximum Gasteiger partial charge on any atom is 0.267 e. The van der Waals surface area contributed by atoms with Crippen molar-refractivity contribution in [2.75, 3.05) is 12.8 Å². The predicted molar refractivity (Wildman–Crippen MR) is 74.0 cm³/mol. The first-order chi connectivity index (χ1) is 9.17. The van der Waals surface area contributed by atoms with Crippen LogP contribution < -0.4 is 11.1 Å². The second-order valence-corrected chi connectivity index (χ2v) is 4.99. The molecule has 5 heteroatoms. The SMILES string of the molecule is COC1CC(NC(=O)c2cc3cccc(N)c3[nH]2)C1. The van der Waals surface area contributed by atoms with Crippen LogP contribution in [-0.2, 0) is 4.74 Å². The lowest BCUT2D eigenvalue weighted by atomic mass is 9.89. The van der Waals surface area contributed by atoms with E-state index in [1.807, 2.05) is 24.3 Å². The Morgan fingerprint density at radius 3 is 2.95 bits per heavy atom. The van der Waals surface area contributed by atoms with Crippen LogP contribution in [-0.4, -0.2) is 30.1 Å². The van der Waals surface area contributed by atoms with Crippen molar-refractivity contribution < 1.29 is 9.53 Å². The molecular weight excluding hydrogens is 242 g/mol. The van der Waals surface area contributed by atoms with E-state index >= 15 is 0 Å². The second-order valence-electron chi connectivity index (χ2n) is 4.99. The Bertz CT molecular complexity index is 614. The topological polar surface area (TPSA) is 80.1 Å². The summed E-state index contributed by atoms with van der Waals surface area (Å²) in [6, 6.07) is 7.66. The molecule has 0 saturated heterocycles. The van der Waals surface area contributed by atoms with Crippen molar-refractivity contribution in [3.63, 3.8) is 0 Å². The molecule has 19 heavy (non-hydrogen) atoms. The summed E-state index contributed by atoms with van der Waals surface area (Å²) in [4.78, 5) is 15.2. The van der Waals surface area contributed by atoms with Crippen LogP contribution in [0, 0.1) is 0 Å². The highest BCUT2D eigenvalue weighted by atomic mass is 16.5. The number of benzene rings is 1. The molecule has 1 heterocycles. The Morgan fingerprint density at radius 1 is 1.47 bits per heavy atom. The summed E-state index contributed by atoms with van der Waals surface area (Å²) in [6.07, 6.45) is 2.04. The number of aromatic amines is 1. The van der Waals surface area contributed by atoms with E-state index in [4.69, 9.17) is 10.5 Å². The number of anilines is 1. The highest BCUT2D eigenvalue weighted by Crippen LogP contribution is 2.24. The number of aromatic nitrogens is 1. The Kier molecular flexibility index (Phi) is 2.91. The van der Waals surface area contributed by atoms with Gasteiger partial charge >= 0.3 is 0 Å². The molecule has 1 aliphatic rings. The number of para-hydroxylation sites is 1. The summed E-state index contributed by atoms with van der Waals surface area (Å²) in [5, 5.41) is 3.94. The van der Waals surface area contributed by atoms with Gasteiger partial charge in [0.05, 0.1) is 17.3 Å². The Morgan fingerprint density at radius 2 is 2.26 bits per heavy atom. The third-order valence-corrected chi connectivity index (χ3v) is 3.70. The van der Waals surface area contributed by atoms with Gasteiger partial charge in [0, 0.05) is 18.5 Å². The van der Waals surface area contributed by atoms with Crippen molar-refractivity contribution in [1.29, 1.82) is 0 Å². The van der Waals surface area contributed by atoms with E-state index in [-0.39, 0.29) is 18.1 Å². The van der Waals surface area contributed by atoms with Crippen molar-refractivity contribution in [3.05, 3.63) is 30.0 Å². The van der Waals surface area contributed by atoms with E-state index < -0.39 is 0 Å². The number of fused-ring (bicyclic) bond motifs is 1. The predicted octanol–water partition coefficient (Wildman–Crippen LogP) is 1.66. The first-order valence-corrected chi connectivity index (χ1v) is 6.38. The van der Waals surface area contributed by atoms with Crippen LogP contribution in [0.5, 0.6) is 0 Å². The normalized spacial score (nSPS) is 22.2. The number of H-pyrrole nitrogens is 1. The summed E-state index contributed by atoms with van der Waals surface area (Å²) >= 11 is 0. The summed E-state index contributed by atoms with van der Waals surface area (Å²) in [7, 11) is 1.70. The molecule has 0 unspecified atom stereocenters. The van der Waals surface area contributed by atoms with Gasteiger partial charge in [-0.2, -0.15) is 0 Å². The van der Waals surface area contributed by atoms with E-state index in [2.05, 4.69) is 10.3 Å². The van der Waals surface area contributed by atoms with Crippen LogP contribution in [0.25, 0.3) is 10.9 Å². The second kappa shape index (κ2) is 4.59. The lowest BCUT2D eigenvalue weighted by Gasteiger charge is -2.34. The number of hydrogen-bond donors (Lipinski definition) is 3. The maximum atomic E-state index is 12.1. The molecule has 0 radical (unpaired) electrons. The number of ether oxygens (including phenoxy) is 1. The monoisotopic (exact) mass is 259 g/mol. The van der Waals surface area contributed by atoms with Crippen molar-refractivity contribution in [1.82, 2.24) is 10.3 Å². The van der Waals surface area contributed by atoms with E-state index in [1.54, 1.807) is 7.11 Å². The molecule has 0 atom stereocenters. The van der Waals surface area contributed by atoms with Gasteiger partial charge in [-0.15, -0.1) is 0 Å². The van der Waals surface area contributed by atoms with Crippen molar-refractivity contribution in [3.8, 4) is 0 Å². The molecule has 2 aromatic rings. The Balaban J connectivity index is 1.73. The zero-order chi connectivity index (χ0) is 13.4. The quantitative estimate of drug-likeness (QED) is 0.733. The Labute approximate surface area is 111 Å². The largest absolute Gasteiger partial charge is 0.397 e.